The monoisotopic (exact) mass is 273 g/mol. The van der Waals surface area contributed by atoms with E-state index in [1.54, 1.807) is 18.4 Å². The molecule has 0 atom stereocenters. The van der Waals surface area contributed by atoms with Crippen molar-refractivity contribution in [3.05, 3.63) is 54.1 Å². The van der Waals surface area contributed by atoms with Gasteiger partial charge in [0, 0.05) is 12.3 Å². The van der Waals surface area contributed by atoms with Gasteiger partial charge in [-0.15, -0.1) is 0 Å². The smallest absolute Gasteiger partial charge is 0.135 e. The fourth-order valence-electron chi connectivity index (χ4n) is 1.40. The van der Waals surface area contributed by atoms with Gasteiger partial charge in [-0.2, -0.15) is 0 Å². The SMILES string of the molecule is NC=CC=Nc1ccccc1Nc1cc(Cl)ncn1. The Hall–Kier alpha value is -2.40. The van der Waals surface area contributed by atoms with E-state index in [1.807, 2.05) is 24.3 Å². The summed E-state index contributed by atoms with van der Waals surface area (Å²) in [6.07, 6.45) is 6.09. The van der Waals surface area contributed by atoms with E-state index in [9.17, 15) is 0 Å². The van der Waals surface area contributed by atoms with Crippen LogP contribution in [0.25, 0.3) is 0 Å². The normalized spacial score (nSPS) is 11.2. The predicted molar refractivity (Wildman–Crippen MR) is 78.2 cm³/mol. The van der Waals surface area contributed by atoms with E-state index in [0.29, 0.717) is 11.0 Å². The number of para-hydroxylation sites is 2. The summed E-state index contributed by atoms with van der Waals surface area (Å²) in [5, 5.41) is 3.51. The van der Waals surface area contributed by atoms with Gasteiger partial charge in [-0.3, -0.25) is 4.99 Å². The number of anilines is 2. The van der Waals surface area contributed by atoms with Crippen LogP contribution in [-0.2, 0) is 0 Å². The molecule has 0 fully saturated rings. The highest BCUT2D eigenvalue weighted by molar-refractivity contribution is 6.29. The molecule has 0 unspecified atom stereocenters. The Morgan fingerprint density at radius 3 is 2.89 bits per heavy atom. The van der Waals surface area contributed by atoms with Crippen LogP contribution in [0.2, 0.25) is 5.15 Å². The zero-order valence-electron chi connectivity index (χ0n) is 9.99. The molecule has 2 aromatic rings. The second kappa shape index (κ2) is 6.51. The first-order chi connectivity index (χ1) is 9.29. The second-order valence-corrected chi connectivity index (χ2v) is 3.92. The van der Waals surface area contributed by atoms with E-state index in [-0.39, 0.29) is 0 Å². The van der Waals surface area contributed by atoms with Gasteiger partial charge in [0.25, 0.3) is 0 Å². The molecule has 0 saturated carbocycles. The molecule has 1 heterocycles. The summed E-state index contributed by atoms with van der Waals surface area (Å²) in [6, 6.07) is 9.22. The lowest BCUT2D eigenvalue weighted by molar-refractivity contribution is 1.17. The van der Waals surface area contributed by atoms with Gasteiger partial charge in [-0.05, 0) is 24.4 Å². The fraction of sp³-hybridized carbons (Fsp3) is 0. The van der Waals surface area contributed by atoms with Crippen LogP contribution in [0.15, 0.2) is 53.9 Å². The van der Waals surface area contributed by atoms with Crippen LogP contribution in [0.5, 0.6) is 0 Å². The number of rotatable bonds is 4. The van der Waals surface area contributed by atoms with Crippen LogP contribution in [-0.4, -0.2) is 16.2 Å². The second-order valence-electron chi connectivity index (χ2n) is 3.53. The maximum atomic E-state index is 5.81. The summed E-state index contributed by atoms with van der Waals surface area (Å²) in [5.41, 5.74) is 6.84. The van der Waals surface area contributed by atoms with Crippen LogP contribution in [0.3, 0.4) is 0 Å². The first-order valence-corrected chi connectivity index (χ1v) is 5.92. The minimum Gasteiger partial charge on any atom is -0.405 e. The van der Waals surface area contributed by atoms with E-state index in [4.69, 9.17) is 17.3 Å². The van der Waals surface area contributed by atoms with Crippen LogP contribution >= 0.6 is 11.6 Å². The van der Waals surface area contributed by atoms with Gasteiger partial charge >= 0.3 is 0 Å². The molecule has 19 heavy (non-hydrogen) atoms. The standard InChI is InChI=1S/C13H12ClN5/c14-12-8-13(18-9-17-12)19-11-5-2-1-4-10(11)16-7-3-6-15/h1-9H,15H2,(H,17,18,19). The summed E-state index contributed by atoms with van der Waals surface area (Å²) in [5.74, 6) is 0.608. The van der Waals surface area contributed by atoms with Crippen molar-refractivity contribution >= 4 is 35.0 Å². The molecule has 1 aromatic heterocycles. The molecule has 0 spiro atoms. The molecule has 0 amide bonds. The van der Waals surface area contributed by atoms with Gasteiger partial charge in [0.1, 0.15) is 17.3 Å². The minimum absolute atomic E-state index is 0.379. The number of halogens is 1. The first-order valence-electron chi connectivity index (χ1n) is 5.54. The summed E-state index contributed by atoms with van der Waals surface area (Å²) < 4.78 is 0. The van der Waals surface area contributed by atoms with Crippen molar-refractivity contribution in [1.82, 2.24) is 9.97 Å². The summed E-state index contributed by atoms with van der Waals surface area (Å²) in [4.78, 5) is 12.2. The molecule has 0 aliphatic rings. The van der Waals surface area contributed by atoms with E-state index < -0.39 is 0 Å². The van der Waals surface area contributed by atoms with E-state index in [2.05, 4.69) is 20.3 Å². The number of aliphatic imine (C=N–C) groups is 1. The molecule has 2 rings (SSSR count). The topological polar surface area (TPSA) is 76.2 Å². The third kappa shape index (κ3) is 3.79. The fourth-order valence-corrected chi connectivity index (χ4v) is 1.55. The van der Waals surface area contributed by atoms with Crippen LogP contribution in [0, 0.1) is 0 Å². The molecule has 5 nitrogen and oxygen atoms in total. The van der Waals surface area contributed by atoms with Crippen molar-refractivity contribution < 1.29 is 0 Å². The number of nitrogens with zero attached hydrogens (tertiary/aromatic N) is 3. The average molecular weight is 274 g/mol. The van der Waals surface area contributed by atoms with Crippen molar-refractivity contribution in [1.29, 1.82) is 0 Å². The maximum absolute atomic E-state index is 5.81. The quantitative estimate of drug-likeness (QED) is 0.663. The molecular formula is C13H12ClN5. The Bertz CT molecular complexity index is 609. The van der Waals surface area contributed by atoms with Crippen molar-refractivity contribution in [3.63, 3.8) is 0 Å². The number of nitrogens with two attached hydrogens (primary N) is 1. The lowest BCUT2D eigenvalue weighted by Gasteiger charge is -2.07. The molecule has 3 N–H and O–H groups in total. The molecule has 0 saturated heterocycles. The highest BCUT2D eigenvalue weighted by Gasteiger charge is 2.02. The van der Waals surface area contributed by atoms with Gasteiger partial charge in [-0.25, -0.2) is 9.97 Å². The zero-order chi connectivity index (χ0) is 13.5. The lowest BCUT2D eigenvalue weighted by Crippen LogP contribution is -1.94. The molecule has 0 aliphatic heterocycles. The van der Waals surface area contributed by atoms with Crippen molar-refractivity contribution in [2.45, 2.75) is 0 Å². The Morgan fingerprint density at radius 2 is 2.11 bits per heavy atom. The van der Waals surface area contributed by atoms with Crippen molar-refractivity contribution in [3.8, 4) is 0 Å². The van der Waals surface area contributed by atoms with Gasteiger partial charge in [0.15, 0.2) is 0 Å². The van der Waals surface area contributed by atoms with Crippen LogP contribution < -0.4 is 11.1 Å². The number of nitrogens with one attached hydrogen (secondary N) is 1. The third-order valence-corrected chi connectivity index (χ3v) is 2.42. The molecule has 0 radical (unpaired) electrons. The zero-order valence-corrected chi connectivity index (χ0v) is 10.7. The number of allylic oxidation sites excluding steroid dienone is 1. The summed E-state index contributed by atoms with van der Waals surface area (Å²) in [7, 11) is 0. The highest BCUT2D eigenvalue weighted by Crippen LogP contribution is 2.27. The number of benzene rings is 1. The Balaban J connectivity index is 2.25. The number of hydrogen-bond acceptors (Lipinski definition) is 5. The molecule has 96 valence electrons. The number of aromatic nitrogens is 2. The van der Waals surface area contributed by atoms with Crippen LogP contribution in [0.4, 0.5) is 17.2 Å². The average Bonchev–Trinajstić information content (AvgIpc) is 2.41. The van der Waals surface area contributed by atoms with Crippen molar-refractivity contribution in [2.75, 3.05) is 5.32 Å². The lowest BCUT2D eigenvalue weighted by atomic mass is 10.2. The highest BCUT2D eigenvalue weighted by atomic mass is 35.5. The Kier molecular flexibility index (Phi) is 4.47. The van der Waals surface area contributed by atoms with E-state index >= 15 is 0 Å². The van der Waals surface area contributed by atoms with Gasteiger partial charge < -0.3 is 11.1 Å². The molecule has 0 aliphatic carbocycles. The van der Waals surface area contributed by atoms with Gasteiger partial charge in [0.05, 0.1) is 11.4 Å². The third-order valence-electron chi connectivity index (χ3n) is 2.21. The van der Waals surface area contributed by atoms with E-state index in [1.165, 1.54) is 12.5 Å². The largest absolute Gasteiger partial charge is 0.405 e. The maximum Gasteiger partial charge on any atom is 0.135 e. The Morgan fingerprint density at radius 1 is 1.26 bits per heavy atom. The summed E-state index contributed by atoms with van der Waals surface area (Å²) >= 11 is 5.81. The minimum atomic E-state index is 0.379. The number of hydrogen-bond donors (Lipinski definition) is 2. The summed E-state index contributed by atoms with van der Waals surface area (Å²) in [6.45, 7) is 0. The molecule has 6 heteroatoms. The Labute approximate surface area is 115 Å². The van der Waals surface area contributed by atoms with Gasteiger partial charge in [-0.1, -0.05) is 23.7 Å². The molecule has 1 aromatic carbocycles. The van der Waals surface area contributed by atoms with Crippen molar-refractivity contribution in [2.24, 2.45) is 10.7 Å². The van der Waals surface area contributed by atoms with Gasteiger partial charge in [0.2, 0.25) is 0 Å². The molecule has 0 bridgehead atoms. The van der Waals surface area contributed by atoms with Crippen LogP contribution in [0.1, 0.15) is 0 Å². The van der Waals surface area contributed by atoms with E-state index in [0.717, 1.165) is 11.4 Å². The molecular weight excluding hydrogens is 262 g/mol. The first kappa shape index (κ1) is 13.0. The predicted octanol–water partition coefficient (Wildman–Crippen LogP) is 3.05.